The van der Waals surface area contributed by atoms with E-state index in [-0.39, 0.29) is 42.2 Å². The summed E-state index contributed by atoms with van der Waals surface area (Å²) in [5.41, 5.74) is 2.76. The number of benzene rings is 3. The number of phenols is 1. The predicted molar refractivity (Wildman–Crippen MR) is 149 cm³/mol. The average Bonchev–Trinajstić information content (AvgIpc) is 3.47. The third kappa shape index (κ3) is 7.72. The topological polar surface area (TPSA) is 119 Å². The van der Waals surface area contributed by atoms with Gasteiger partial charge in [-0.2, -0.15) is 0 Å². The van der Waals surface area contributed by atoms with E-state index in [2.05, 4.69) is 0 Å². The van der Waals surface area contributed by atoms with Crippen LogP contribution in [0.25, 0.3) is 6.08 Å². The van der Waals surface area contributed by atoms with Crippen LogP contribution < -0.4 is 9.47 Å². The van der Waals surface area contributed by atoms with Crippen LogP contribution in [0.15, 0.2) is 66.7 Å². The van der Waals surface area contributed by atoms with Gasteiger partial charge in [-0.05, 0) is 85.2 Å². The van der Waals surface area contributed by atoms with Crippen LogP contribution in [0.3, 0.4) is 0 Å². The van der Waals surface area contributed by atoms with E-state index in [0.717, 1.165) is 42.9 Å². The Morgan fingerprint density at radius 1 is 0.975 bits per heavy atom. The minimum atomic E-state index is -1.02. The number of carboxylic acids is 1. The summed E-state index contributed by atoms with van der Waals surface area (Å²) in [5.74, 6) is -0.869. The maximum absolute atomic E-state index is 13.3. The molecule has 3 aromatic carbocycles. The smallest absolute Gasteiger partial charge is 0.328 e. The number of carbonyl (C=O) groups is 3. The number of ether oxygens (including phenoxy) is 3. The molecule has 0 bridgehead atoms. The second kappa shape index (κ2) is 13.5. The molecule has 4 rings (SSSR count). The molecule has 0 aliphatic heterocycles. The van der Waals surface area contributed by atoms with Crippen molar-refractivity contribution in [2.75, 3.05) is 7.11 Å². The van der Waals surface area contributed by atoms with Crippen LogP contribution in [-0.2, 0) is 27.4 Å². The van der Waals surface area contributed by atoms with E-state index in [4.69, 9.17) is 19.3 Å². The normalized spacial score (nSPS) is 13.3. The molecule has 3 aromatic rings. The van der Waals surface area contributed by atoms with Gasteiger partial charge in [0.05, 0.1) is 18.8 Å². The second-order valence-electron chi connectivity index (χ2n) is 9.63. The lowest BCUT2D eigenvalue weighted by atomic mass is 9.98. The standard InChI is InChI=1S/C32H32O8/c1-38-31(36)17-12-23-18-24(32(37)27-14-13-26(19-28(27)33)40-25-4-2-3-5-25)11-15-29(23)39-20-22-8-6-21(7-9-22)10-16-30(34)35/h6-11,13-16,18-19,25,33H,2-5,12,17,20H2,1H3,(H,34,35)/b16-10+. The van der Waals surface area contributed by atoms with Crippen molar-refractivity contribution in [2.45, 2.75) is 51.2 Å². The zero-order valence-electron chi connectivity index (χ0n) is 22.3. The fourth-order valence-corrected chi connectivity index (χ4v) is 4.58. The summed E-state index contributed by atoms with van der Waals surface area (Å²) in [6.07, 6.45) is 7.34. The van der Waals surface area contributed by atoms with Gasteiger partial charge in [0.15, 0.2) is 5.78 Å². The Kier molecular flexibility index (Phi) is 9.57. The van der Waals surface area contributed by atoms with Crippen LogP contribution in [0.1, 0.15) is 64.7 Å². The highest BCUT2D eigenvalue weighted by atomic mass is 16.5. The SMILES string of the molecule is COC(=O)CCc1cc(C(=O)c2ccc(OC3CCCC3)cc2O)ccc1OCc1ccc(/C=C/C(=O)O)cc1. The molecule has 2 N–H and O–H groups in total. The minimum Gasteiger partial charge on any atom is -0.507 e. The highest BCUT2D eigenvalue weighted by Crippen LogP contribution is 2.31. The monoisotopic (exact) mass is 544 g/mol. The molecule has 0 spiro atoms. The van der Waals surface area contributed by atoms with Gasteiger partial charge in [0, 0.05) is 24.1 Å². The number of carbonyl (C=O) groups excluding carboxylic acids is 2. The van der Waals surface area contributed by atoms with Crippen molar-refractivity contribution in [1.82, 2.24) is 0 Å². The molecule has 0 unspecified atom stereocenters. The van der Waals surface area contributed by atoms with Crippen molar-refractivity contribution in [1.29, 1.82) is 0 Å². The first-order valence-electron chi connectivity index (χ1n) is 13.2. The summed E-state index contributed by atoms with van der Waals surface area (Å²) in [6, 6.07) is 16.9. The first kappa shape index (κ1) is 28.4. The van der Waals surface area contributed by atoms with Gasteiger partial charge in [-0.3, -0.25) is 9.59 Å². The molecular weight excluding hydrogens is 512 g/mol. The fraction of sp³-hybridized carbons (Fsp3) is 0.281. The largest absolute Gasteiger partial charge is 0.507 e. The highest BCUT2D eigenvalue weighted by Gasteiger charge is 2.20. The molecule has 8 heteroatoms. The summed E-state index contributed by atoms with van der Waals surface area (Å²) in [5, 5.41) is 19.4. The van der Waals surface area contributed by atoms with Crippen molar-refractivity contribution in [3.63, 3.8) is 0 Å². The summed E-state index contributed by atoms with van der Waals surface area (Å²) < 4.78 is 16.7. The van der Waals surface area contributed by atoms with Crippen LogP contribution in [0.4, 0.5) is 0 Å². The number of methoxy groups -OCH3 is 1. The number of carboxylic acid groups (broad SMARTS) is 1. The molecular formula is C32H32O8. The van der Waals surface area contributed by atoms with E-state index in [1.165, 1.54) is 19.3 Å². The Morgan fingerprint density at radius 3 is 2.40 bits per heavy atom. The van der Waals surface area contributed by atoms with Crippen molar-refractivity contribution in [3.05, 3.63) is 94.6 Å². The van der Waals surface area contributed by atoms with Crippen LogP contribution in [0.5, 0.6) is 17.2 Å². The maximum atomic E-state index is 13.3. The molecule has 0 aromatic heterocycles. The summed E-state index contributed by atoms with van der Waals surface area (Å²) in [4.78, 5) is 35.8. The zero-order valence-corrected chi connectivity index (χ0v) is 22.3. The number of aryl methyl sites for hydroxylation is 1. The highest BCUT2D eigenvalue weighted by molar-refractivity contribution is 6.11. The number of hydrogen-bond donors (Lipinski definition) is 2. The molecule has 0 radical (unpaired) electrons. The van der Waals surface area contributed by atoms with Crippen molar-refractivity contribution < 1.29 is 38.8 Å². The van der Waals surface area contributed by atoms with Gasteiger partial charge in [-0.25, -0.2) is 4.79 Å². The van der Waals surface area contributed by atoms with Gasteiger partial charge in [0.2, 0.25) is 0 Å². The molecule has 208 valence electrons. The molecule has 1 saturated carbocycles. The van der Waals surface area contributed by atoms with E-state index < -0.39 is 5.97 Å². The van der Waals surface area contributed by atoms with Gasteiger partial charge in [0.1, 0.15) is 23.9 Å². The lowest BCUT2D eigenvalue weighted by molar-refractivity contribution is -0.140. The third-order valence-electron chi connectivity index (χ3n) is 6.76. The Labute approximate surface area is 232 Å². The van der Waals surface area contributed by atoms with Crippen molar-refractivity contribution in [3.8, 4) is 17.2 Å². The minimum absolute atomic E-state index is 0.105. The van der Waals surface area contributed by atoms with Crippen LogP contribution in [0.2, 0.25) is 0 Å². The third-order valence-corrected chi connectivity index (χ3v) is 6.76. The Morgan fingerprint density at radius 2 is 1.73 bits per heavy atom. The van der Waals surface area contributed by atoms with E-state index in [9.17, 15) is 19.5 Å². The van der Waals surface area contributed by atoms with Crippen molar-refractivity contribution in [2.24, 2.45) is 0 Å². The van der Waals surface area contributed by atoms with Crippen LogP contribution >= 0.6 is 0 Å². The second-order valence-corrected chi connectivity index (χ2v) is 9.63. The molecule has 1 aliphatic rings. The Bertz CT molecular complexity index is 1380. The number of aliphatic carboxylic acids is 1. The molecule has 8 nitrogen and oxygen atoms in total. The number of phenolic OH excluding ortho intramolecular Hbond substituents is 1. The van der Waals surface area contributed by atoms with Gasteiger partial charge in [-0.15, -0.1) is 0 Å². The van der Waals surface area contributed by atoms with Crippen LogP contribution in [-0.4, -0.2) is 41.1 Å². The Balaban J connectivity index is 1.50. The lowest BCUT2D eigenvalue weighted by Gasteiger charge is -2.15. The first-order valence-corrected chi connectivity index (χ1v) is 13.2. The molecule has 0 amide bonds. The molecule has 0 atom stereocenters. The molecule has 0 heterocycles. The average molecular weight is 545 g/mol. The number of hydrogen-bond acceptors (Lipinski definition) is 7. The predicted octanol–water partition coefficient (Wildman–Crippen LogP) is 5.73. The van der Waals surface area contributed by atoms with Gasteiger partial charge in [-0.1, -0.05) is 24.3 Å². The van der Waals surface area contributed by atoms with E-state index in [1.807, 2.05) is 12.1 Å². The summed E-state index contributed by atoms with van der Waals surface area (Å²) in [7, 11) is 1.32. The first-order chi connectivity index (χ1) is 19.3. The van der Waals surface area contributed by atoms with E-state index >= 15 is 0 Å². The van der Waals surface area contributed by atoms with Gasteiger partial charge < -0.3 is 24.4 Å². The molecule has 1 aliphatic carbocycles. The van der Waals surface area contributed by atoms with Crippen molar-refractivity contribution >= 4 is 23.8 Å². The van der Waals surface area contributed by atoms with Gasteiger partial charge in [0.25, 0.3) is 0 Å². The molecule has 40 heavy (non-hydrogen) atoms. The molecule has 1 fully saturated rings. The number of esters is 1. The molecule has 0 saturated heterocycles. The summed E-state index contributed by atoms with van der Waals surface area (Å²) >= 11 is 0. The number of aromatic hydroxyl groups is 1. The zero-order chi connectivity index (χ0) is 28.5. The summed E-state index contributed by atoms with van der Waals surface area (Å²) in [6.45, 7) is 0.227. The number of ketones is 1. The Hall–Kier alpha value is -4.59. The fourth-order valence-electron chi connectivity index (χ4n) is 4.58. The number of rotatable bonds is 12. The van der Waals surface area contributed by atoms with E-state index in [1.54, 1.807) is 42.5 Å². The van der Waals surface area contributed by atoms with Gasteiger partial charge >= 0.3 is 11.9 Å². The maximum Gasteiger partial charge on any atom is 0.328 e. The van der Waals surface area contributed by atoms with E-state index in [0.29, 0.717) is 29.0 Å². The lowest BCUT2D eigenvalue weighted by Crippen LogP contribution is -2.11. The van der Waals surface area contributed by atoms with Crippen LogP contribution in [0, 0.1) is 0 Å². The quantitative estimate of drug-likeness (QED) is 0.169.